The molecule has 1 heterocycles. The van der Waals surface area contributed by atoms with E-state index in [9.17, 15) is 0 Å². The second-order valence-corrected chi connectivity index (χ2v) is 3.73. The highest BCUT2D eigenvalue weighted by Gasteiger charge is 2.06. The van der Waals surface area contributed by atoms with Crippen LogP contribution in [0.3, 0.4) is 0 Å². The number of hydrogen-bond donors (Lipinski definition) is 1. The first-order valence-electron chi connectivity index (χ1n) is 5.27. The normalized spacial score (nSPS) is 9.71. The van der Waals surface area contributed by atoms with Gasteiger partial charge in [0.1, 0.15) is 17.5 Å². The maximum atomic E-state index is 8.99. The molecule has 0 saturated heterocycles. The van der Waals surface area contributed by atoms with Gasteiger partial charge in [0.15, 0.2) is 5.82 Å². The van der Waals surface area contributed by atoms with E-state index in [1.54, 1.807) is 6.92 Å². The van der Waals surface area contributed by atoms with Crippen molar-refractivity contribution in [1.29, 1.82) is 5.26 Å². The van der Waals surface area contributed by atoms with Gasteiger partial charge in [-0.25, -0.2) is 9.97 Å². The largest absolute Gasteiger partial charge is 0.339 e. The van der Waals surface area contributed by atoms with E-state index in [4.69, 9.17) is 5.26 Å². The molecule has 2 aromatic rings. The predicted octanol–water partition coefficient (Wildman–Crippen LogP) is 2.71. The third-order valence-electron chi connectivity index (χ3n) is 2.43. The van der Waals surface area contributed by atoms with E-state index in [1.165, 1.54) is 6.20 Å². The minimum Gasteiger partial charge on any atom is -0.339 e. The van der Waals surface area contributed by atoms with Gasteiger partial charge in [0.2, 0.25) is 0 Å². The number of benzene rings is 1. The molecule has 1 N–H and O–H groups in total. The summed E-state index contributed by atoms with van der Waals surface area (Å²) >= 11 is 0. The number of anilines is 2. The molecule has 0 amide bonds. The molecule has 0 saturated carbocycles. The zero-order valence-corrected chi connectivity index (χ0v) is 9.73. The highest BCUT2D eigenvalue weighted by atomic mass is 15.0. The summed E-state index contributed by atoms with van der Waals surface area (Å²) in [5.74, 6) is 1.19. The van der Waals surface area contributed by atoms with Crippen LogP contribution in [0.2, 0.25) is 0 Å². The van der Waals surface area contributed by atoms with Gasteiger partial charge in [0.25, 0.3) is 0 Å². The van der Waals surface area contributed by atoms with Crippen molar-refractivity contribution >= 4 is 11.5 Å². The Morgan fingerprint density at radius 3 is 2.71 bits per heavy atom. The molecule has 1 aromatic heterocycles. The van der Waals surface area contributed by atoms with Gasteiger partial charge in [-0.2, -0.15) is 5.26 Å². The molecule has 4 nitrogen and oxygen atoms in total. The minimum atomic E-state index is 0.443. The van der Waals surface area contributed by atoms with Gasteiger partial charge in [-0.1, -0.05) is 18.2 Å². The van der Waals surface area contributed by atoms with Crippen LogP contribution in [-0.2, 0) is 0 Å². The Labute approximate surface area is 100.0 Å². The molecule has 2 rings (SSSR count). The monoisotopic (exact) mass is 224 g/mol. The highest BCUT2D eigenvalue weighted by molar-refractivity contribution is 5.64. The minimum absolute atomic E-state index is 0.443. The molecule has 0 bridgehead atoms. The lowest BCUT2D eigenvalue weighted by molar-refractivity contribution is 1.05. The maximum absolute atomic E-state index is 8.99. The van der Waals surface area contributed by atoms with Crippen molar-refractivity contribution in [3.8, 4) is 6.07 Å². The third kappa shape index (κ3) is 2.40. The summed E-state index contributed by atoms with van der Waals surface area (Å²) < 4.78 is 0. The molecule has 1 aromatic carbocycles. The van der Waals surface area contributed by atoms with E-state index in [0.717, 1.165) is 11.3 Å². The van der Waals surface area contributed by atoms with Crippen LogP contribution in [-0.4, -0.2) is 9.97 Å². The van der Waals surface area contributed by atoms with E-state index < -0.39 is 0 Å². The number of para-hydroxylation sites is 1. The Morgan fingerprint density at radius 1 is 1.24 bits per heavy atom. The van der Waals surface area contributed by atoms with Crippen LogP contribution >= 0.6 is 0 Å². The summed E-state index contributed by atoms with van der Waals surface area (Å²) in [6.07, 6.45) is 1.53. The summed E-state index contributed by atoms with van der Waals surface area (Å²) in [6.45, 7) is 3.80. The second kappa shape index (κ2) is 4.62. The predicted molar refractivity (Wildman–Crippen MR) is 65.9 cm³/mol. The molecule has 0 aliphatic carbocycles. The zero-order chi connectivity index (χ0) is 12.3. The molecule has 0 atom stereocenters. The molecule has 0 spiro atoms. The van der Waals surface area contributed by atoms with Gasteiger partial charge in [-0.3, -0.25) is 0 Å². The standard InChI is InChI=1S/C13H12N4/c1-9-5-3-4-6-12(9)17-13-11(7-14)8-15-10(2)16-13/h3-6,8H,1-2H3,(H,15,16,17). The van der Waals surface area contributed by atoms with Crippen molar-refractivity contribution in [2.24, 2.45) is 0 Å². The average Bonchev–Trinajstić information content (AvgIpc) is 2.32. The number of nitrogens with one attached hydrogen (secondary N) is 1. The smallest absolute Gasteiger partial charge is 0.152 e. The molecular weight excluding hydrogens is 212 g/mol. The van der Waals surface area contributed by atoms with Gasteiger partial charge >= 0.3 is 0 Å². The summed E-state index contributed by atoms with van der Waals surface area (Å²) in [6, 6.07) is 9.94. The van der Waals surface area contributed by atoms with E-state index in [-0.39, 0.29) is 0 Å². The van der Waals surface area contributed by atoms with Crippen LogP contribution in [0.25, 0.3) is 0 Å². The van der Waals surface area contributed by atoms with Gasteiger partial charge < -0.3 is 5.32 Å². The van der Waals surface area contributed by atoms with Crippen molar-refractivity contribution in [2.45, 2.75) is 13.8 Å². The molecule has 84 valence electrons. The SMILES string of the molecule is Cc1ncc(C#N)c(Nc2ccccc2C)n1. The van der Waals surface area contributed by atoms with Crippen molar-refractivity contribution in [3.63, 3.8) is 0 Å². The average molecular weight is 224 g/mol. The zero-order valence-electron chi connectivity index (χ0n) is 9.73. The van der Waals surface area contributed by atoms with E-state index in [2.05, 4.69) is 21.4 Å². The Hall–Kier alpha value is -2.41. The van der Waals surface area contributed by atoms with Crippen LogP contribution in [0.4, 0.5) is 11.5 Å². The Bertz CT molecular complexity index is 584. The highest BCUT2D eigenvalue weighted by Crippen LogP contribution is 2.20. The van der Waals surface area contributed by atoms with Gasteiger partial charge in [-0.15, -0.1) is 0 Å². The molecule has 4 heteroatoms. The van der Waals surface area contributed by atoms with Crippen LogP contribution in [0.15, 0.2) is 30.5 Å². The number of aryl methyl sites for hydroxylation is 2. The number of nitrogens with zero attached hydrogens (tertiary/aromatic N) is 3. The second-order valence-electron chi connectivity index (χ2n) is 3.73. The number of nitriles is 1. The summed E-state index contributed by atoms with van der Waals surface area (Å²) in [4.78, 5) is 8.24. The van der Waals surface area contributed by atoms with E-state index in [1.807, 2.05) is 31.2 Å². The lowest BCUT2D eigenvalue weighted by atomic mass is 10.2. The topological polar surface area (TPSA) is 61.6 Å². The molecule has 0 aliphatic heterocycles. The van der Waals surface area contributed by atoms with Gasteiger partial charge in [-0.05, 0) is 25.5 Å². The number of aromatic nitrogens is 2. The Morgan fingerprint density at radius 2 is 2.00 bits per heavy atom. The van der Waals surface area contributed by atoms with Crippen LogP contribution in [0, 0.1) is 25.2 Å². The molecule has 0 radical (unpaired) electrons. The maximum Gasteiger partial charge on any atom is 0.152 e. The fourth-order valence-electron chi connectivity index (χ4n) is 1.49. The molecule has 0 unspecified atom stereocenters. The van der Waals surface area contributed by atoms with Gasteiger partial charge in [0.05, 0.1) is 6.20 Å². The summed E-state index contributed by atoms with van der Waals surface area (Å²) in [5.41, 5.74) is 2.49. The van der Waals surface area contributed by atoms with Crippen molar-refractivity contribution in [1.82, 2.24) is 9.97 Å². The third-order valence-corrected chi connectivity index (χ3v) is 2.43. The van der Waals surface area contributed by atoms with Crippen LogP contribution in [0.5, 0.6) is 0 Å². The Balaban J connectivity index is 2.40. The van der Waals surface area contributed by atoms with Crippen molar-refractivity contribution in [2.75, 3.05) is 5.32 Å². The Kier molecular flexibility index (Phi) is 3.01. The lowest BCUT2D eigenvalue weighted by Gasteiger charge is -2.09. The molecule has 17 heavy (non-hydrogen) atoms. The number of hydrogen-bond acceptors (Lipinski definition) is 4. The molecule has 0 fully saturated rings. The summed E-state index contributed by atoms with van der Waals surface area (Å²) in [7, 11) is 0. The first-order valence-corrected chi connectivity index (χ1v) is 5.27. The van der Waals surface area contributed by atoms with E-state index >= 15 is 0 Å². The fourth-order valence-corrected chi connectivity index (χ4v) is 1.49. The van der Waals surface area contributed by atoms with Crippen molar-refractivity contribution < 1.29 is 0 Å². The quantitative estimate of drug-likeness (QED) is 0.851. The van der Waals surface area contributed by atoms with Crippen LogP contribution in [0.1, 0.15) is 17.0 Å². The molecule has 0 aliphatic rings. The first kappa shape index (κ1) is 11.1. The number of rotatable bonds is 2. The molecular formula is C13H12N4. The fraction of sp³-hybridized carbons (Fsp3) is 0.154. The van der Waals surface area contributed by atoms with E-state index in [0.29, 0.717) is 17.2 Å². The van der Waals surface area contributed by atoms with Crippen LogP contribution < -0.4 is 5.32 Å². The van der Waals surface area contributed by atoms with Gasteiger partial charge in [0, 0.05) is 5.69 Å². The van der Waals surface area contributed by atoms with Crippen molar-refractivity contribution in [3.05, 3.63) is 47.4 Å². The first-order chi connectivity index (χ1) is 8.20. The lowest BCUT2D eigenvalue weighted by Crippen LogP contribution is -2.01. The summed E-state index contributed by atoms with van der Waals surface area (Å²) in [5, 5.41) is 12.1.